The van der Waals surface area contributed by atoms with Crippen molar-refractivity contribution in [3.05, 3.63) is 65.2 Å². The third kappa shape index (κ3) is 3.96. The molecule has 1 atom stereocenters. The summed E-state index contributed by atoms with van der Waals surface area (Å²) in [5, 5.41) is 8.34. The summed E-state index contributed by atoms with van der Waals surface area (Å²) < 4.78 is 5.74. The van der Waals surface area contributed by atoms with Crippen molar-refractivity contribution >= 4 is 17.5 Å². The van der Waals surface area contributed by atoms with Gasteiger partial charge in [-0.3, -0.25) is 5.10 Å². The molecule has 3 heterocycles. The largest absolute Gasteiger partial charge is 0.493 e. The Hall–Kier alpha value is -2.60. The summed E-state index contributed by atoms with van der Waals surface area (Å²) in [7, 11) is 0. The van der Waals surface area contributed by atoms with Crippen LogP contribution in [-0.4, -0.2) is 39.9 Å². The molecule has 0 aliphatic carbocycles. The first-order chi connectivity index (χ1) is 12.8. The van der Waals surface area contributed by atoms with Gasteiger partial charge in [-0.1, -0.05) is 11.6 Å². The van der Waals surface area contributed by atoms with Gasteiger partial charge in [0.2, 0.25) is 5.95 Å². The van der Waals surface area contributed by atoms with Crippen molar-refractivity contribution in [2.45, 2.75) is 18.8 Å². The Bertz CT molecular complexity index is 837. The van der Waals surface area contributed by atoms with Crippen LogP contribution >= 0.6 is 11.6 Å². The Morgan fingerprint density at radius 1 is 1.19 bits per heavy atom. The summed E-state index contributed by atoms with van der Waals surface area (Å²) in [6.45, 7) is 2.45. The normalized spacial score (nSPS) is 16.8. The molecule has 4 rings (SSSR count). The van der Waals surface area contributed by atoms with E-state index in [2.05, 4.69) is 31.1 Å². The highest BCUT2D eigenvalue weighted by atomic mass is 35.5. The third-order valence-corrected chi connectivity index (χ3v) is 4.80. The van der Waals surface area contributed by atoms with Gasteiger partial charge in [-0.15, -0.1) is 0 Å². The molecule has 1 aliphatic heterocycles. The molecule has 1 aromatic carbocycles. The summed E-state index contributed by atoms with van der Waals surface area (Å²) >= 11 is 5.88. The number of halogens is 1. The molecule has 26 heavy (non-hydrogen) atoms. The van der Waals surface area contributed by atoms with Crippen LogP contribution in [0, 0.1) is 0 Å². The Morgan fingerprint density at radius 2 is 2.00 bits per heavy atom. The van der Waals surface area contributed by atoms with Crippen molar-refractivity contribution in [2.24, 2.45) is 0 Å². The molecule has 2 aromatic heterocycles. The van der Waals surface area contributed by atoms with Gasteiger partial charge >= 0.3 is 0 Å². The number of rotatable bonds is 6. The van der Waals surface area contributed by atoms with Gasteiger partial charge in [0.05, 0.1) is 12.3 Å². The van der Waals surface area contributed by atoms with Crippen LogP contribution in [0.15, 0.2) is 48.8 Å². The molecule has 134 valence electrons. The van der Waals surface area contributed by atoms with Gasteiger partial charge in [-0.2, -0.15) is 5.10 Å². The van der Waals surface area contributed by atoms with Crippen molar-refractivity contribution < 1.29 is 4.74 Å². The van der Waals surface area contributed by atoms with Gasteiger partial charge in [-0.25, -0.2) is 9.97 Å². The second-order valence-electron chi connectivity index (χ2n) is 6.35. The molecule has 0 bridgehead atoms. The lowest BCUT2D eigenvalue weighted by atomic mass is 10.0. The van der Waals surface area contributed by atoms with Crippen molar-refractivity contribution in [3.63, 3.8) is 0 Å². The van der Waals surface area contributed by atoms with Crippen LogP contribution in [-0.2, 0) is 6.42 Å². The maximum absolute atomic E-state index is 5.88. The Balaban J connectivity index is 1.30. The highest BCUT2D eigenvalue weighted by molar-refractivity contribution is 6.30. The number of nitrogens with one attached hydrogen (secondary N) is 1. The number of nitrogens with zero attached hydrogens (tertiary/aromatic N) is 4. The van der Waals surface area contributed by atoms with E-state index in [4.69, 9.17) is 16.3 Å². The smallest absolute Gasteiger partial charge is 0.225 e. The van der Waals surface area contributed by atoms with Crippen LogP contribution in [0.3, 0.4) is 0 Å². The van der Waals surface area contributed by atoms with Crippen molar-refractivity contribution in [2.75, 3.05) is 24.6 Å². The van der Waals surface area contributed by atoms with Crippen LogP contribution in [0.25, 0.3) is 0 Å². The van der Waals surface area contributed by atoms with E-state index in [-0.39, 0.29) is 0 Å². The maximum Gasteiger partial charge on any atom is 0.225 e. The summed E-state index contributed by atoms with van der Waals surface area (Å²) in [4.78, 5) is 10.9. The molecular formula is C19H20ClN5O. The number of H-pyrrole nitrogens is 1. The molecule has 1 N–H and O–H groups in total. The fourth-order valence-corrected chi connectivity index (χ4v) is 3.29. The number of ether oxygens (including phenoxy) is 1. The van der Waals surface area contributed by atoms with Crippen LogP contribution in [0.2, 0.25) is 5.02 Å². The predicted molar refractivity (Wildman–Crippen MR) is 101 cm³/mol. The first-order valence-electron chi connectivity index (χ1n) is 8.72. The summed E-state index contributed by atoms with van der Waals surface area (Å²) in [6, 6.07) is 11.4. The topological polar surface area (TPSA) is 66.9 Å². The average molecular weight is 370 g/mol. The number of hydrogen-bond donors (Lipinski definition) is 1. The minimum Gasteiger partial charge on any atom is -0.493 e. The van der Waals surface area contributed by atoms with Crippen LogP contribution < -0.4 is 9.64 Å². The van der Waals surface area contributed by atoms with E-state index in [1.165, 1.54) is 0 Å². The van der Waals surface area contributed by atoms with Crippen molar-refractivity contribution in [1.29, 1.82) is 0 Å². The molecule has 6 nitrogen and oxygen atoms in total. The van der Waals surface area contributed by atoms with E-state index in [0.29, 0.717) is 17.5 Å². The fourth-order valence-electron chi connectivity index (χ4n) is 3.16. The Morgan fingerprint density at radius 3 is 2.81 bits per heavy atom. The quantitative estimate of drug-likeness (QED) is 0.720. The number of benzene rings is 1. The summed E-state index contributed by atoms with van der Waals surface area (Å²) in [6.07, 6.45) is 5.41. The monoisotopic (exact) mass is 369 g/mol. The lowest BCUT2D eigenvalue weighted by Crippen LogP contribution is -2.21. The number of aromatic amines is 1. The highest BCUT2D eigenvalue weighted by Crippen LogP contribution is 2.28. The van der Waals surface area contributed by atoms with Crippen molar-refractivity contribution in [1.82, 2.24) is 20.2 Å². The van der Waals surface area contributed by atoms with E-state index in [1.807, 2.05) is 30.3 Å². The molecule has 3 aromatic rings. The Labute approximate surface area is 157 Å². The first-order valence-corrected chi connectivity index (χ1v) is 9.10. The molecule has 0 unspecified atom stereocenters. The fraction of sp³-hybridized carbons (Fsp3) is 0.316. The zero-order valence-electron chi connectivity index (χ0n) is 14.3. The number of aromatic nitrogens is 4. The summed E-state index contributed by atoms with van der Waals surface area (Å²) in [5.41, 5.74) is 2.19. The zero-order valence-corrected chi connectivity index (χ0v) is 15.1. The number of anilines is 1. The Kier molecular flexibility index (Phi) is 5.02. The lowest BCUT2D eigenvalue weighted by Gasteiger charge is -2.14. The van der Waals surface area contributed by atoms with Gasteiger partial charge < -0.3 is 9.64 Å². The molecule has 1 fully saturated rings. The maximum atomic E-state index is 5.88. The molecule has 1 saturated heterocycles. The zero-order chi connectivity index (χ0) is 17.8. The molecule has 0 amide bonds. The first kappa shape index (κ1) is 16.8. The van der Waals surface area contributed by atoms with Gasteiger partial charge in [0.25, 0.3) is 0 Å². The van der Waals surface area contributed by atoms with Crippen LogP contribution in [0.5, 0.6) is 5.75 Å². The van der Waals surface area contributed by atoms with Gasteiger partial charge in [-0.05, 0) is 42.8 Å². The predicted octanol–water partition coefficient (Wildman–Crippen LogP) is 3.47. The minimum absolute atomic E-state index is 0.404. The molecule has 7 heteroatoms. The second-order valence-corrected chi connectivity index (χ2v) is 6.79. The van der Waals surface area contributed by atoms with Gasteiger partial charge in [0.1, 0.15) is 5.75 Å². The molecule has 1 aliphatic rings. The molecular weight excluding hydrogens is 350 g/mol. The second kappa shape index (κ2) is 7.74. The van der Waals surface area contributed by atoms with Gasteiger partial charge in [0.15, 0.2) is 0 Å². The molecule has 0 spiro atoms. The number of hydrogen-bond acceptors (Lipinski definition) is 5. The summed E-state index contributed by atoms with van der Waals surface area (Å²) in [5.74, 6) is 2.02. The lowest BCUT2D eigenvalue weighted by molar-refractivity contribution is 0.320. The third-order valence-electron chi connectivity index (χ3n) is 4.55. The van der Waals surface area contributed by atoms with E-state index >= 15 is 0 Å². The van der Waals surface area contributed by atoms with E-state index in [1.54, 1.807) is 12.4 Å². The van der Waals surface area contributed by atoms with Gasteiger partial charge in [0, 0.05) is 48.5 Å². The molecule has 0 saturated carbocycles. The van der Waals surface area contributed by atoms with E-state index < -0.39 is 0 Å². The highest BCUT2D eigenvalue weighted by Gasteiger charge is 2.27. The van der Waals surface area contributed by atoms with Crippen LogP contribution in [0.1, 0.15) is 23.7 Å². The van der Waals surface area contributed by atoms with Crippen LogP contribution in [0.4, 0.5) is 5.95 Å². The molecule has 0 radical (unpaired) electrons. The minimum atomic E-state index is 0.404. The average Bonchev–Trinajstić information content (AvgIpc) is 3.33. The SMILES string of the molecule is Clc1ccc(OCCc2cc([C@@H]3CCN(c4ncccn4)C3)n[nH]2)cc1. The standard InChI is InChI=1S/C19H20ClN5O/c20-15-2-4-17(5-3-15)26-11-7-16-12-18(24-23-16)14-6-10-25(13-14)19-21-8-1-9-22-19/h1-5,8-9,12,14H,6-7,10-11,13H2,(H,23,24)/t14-/m1/s1. The van der Waals surface area contributed by atoms with Crippen molar-refractivity contribution in [3.8, 4) is 5.75 Å². The van der Waals surface area contributed by atoms with E-state index in [9.17, 15) is 0 Å². The van der Waals surface area contributed by atoms with E-state index in [0.717, 1.165) is 49.0 Å².